The zero-order valence-corrected chi connectivity index (χ0v) is 15.0. The van der Waals surface area contributed by atoms with Gasteiger partial charge in [-0.15, -0.1) is 0 Å². The average molecular weight is 362 g/mol. The third-order valence-corrected chi connectivity index (χ3v) is 3.25. The summed E-state index contributed by atoms with van der Waals surface area (Å²) in [7, 11) is 4.29. The maximum absolute atomic E-state index is 12.0. The number of ether oxygens (including phenoxy) is 4. The van der Waals surface area contributed by atoms with Crippen LogP contribution in [0.4, 0.5) is 0 Å². The van der Waals surface area contributed by atoms with Crippen LogP contribution in [0.5, 0.6) is 11.5 Å². The molecule has 0 fully saturated rings. The van der Waals surface area contributed by atoms with Crippen molar-refractivity contribution < 1.29 is 28.5 Å². The van der Waals surface area contributed by atoms with Gasteiger partial charge in [-0.2, -0.15) is 5.26 Å². The Bertz CT molecular complexity index is 693. The lowest BCUT2D eigenvalue weighted by atomic mass is 10.1. The molecule has 1 rings (SSSR count). The Morgan fingerprint density at radius 3 is 2.62 bits per heavy atom. The highest BCUT2D eigenvalue weighted by Gasteiger charge is 2.11. The fourth-order valence-electron chi connectivity index (χ4n) is 1.92. The first-order chi connectivity index (χ1) is 12.5. The Hall–Kier alpha value is -3.05. The molecule has 1 aromatic rings. The minimum absolute atomic E-state index is 0.0345. The predicted molar refractivity (Wildman–Crippen MR) is 93.6 cm³/mol. The minimum atomic E-state index is -0.520. The van der Waals surface area contributed by atoms with Gasteiger partial charge in [0.1, 0.15) is 11.6 Å². The van der Waals surface area contributed by atoms with Gasteiger partial charge in [0.25, 0.3) is 5.91 Å². The second-order valence-electron chi connectivity index (χ2n) is 5.05. The number of benzene rings is 1. The van der Waals surface area contributed by atoms with Crippen LogP contribution in [-0.2, 0) is 19.1 Å². The summed E-state index contributed by atoms with van der Waals surface area (Å²) in [5.74, 6) is -0.278. The summed E-state index contributed by atoms with van der Waals surface area (Å²) in [5, 5.41) is 11.9. The van der Waals surface area contributed by atoms with Gasteiger partial charge in [0.15, 0.2) is 18.1 Å². The normalized spacial score (nSPS) is 10.6. The molecule has 1 aromatic carbocycles. The Balaban J connectivity index is 2.85. The molecule has 8 heteroatoms. The van der Waals surface area contributed by atoms with Gasteiger partial charge < -0.3 is 24.3 Å². The van der Waals surface area contributed by atoms with Crippen LogP contribution in [0.25, 0.3) is 6.08 Å². The van der Waals surface area contributed by atoms with Crippen LogP contribution in [-0.4, -0.2) is 53.0 Å². The highest BCUT2D eigenvalue weighted by Crippen LogP contribution is 2.29. The number of nitrogens with zero attached hydrogens (tertiary/aromatic N) is 1. The molecule has 1 amide bonds. The summed E-state index contributed by atoms with van der Waals surface area (Å²) in [5.41, 5.74) is 0.545. The van der Waals surface area contributed by atoms with Crippen molar-refractivity contribution in [2.45, 2.75) is 6.42 Å². The molecule has 0 heterocycles. The van der Waals surface area contributed by atoms with Gasteiger partial charge >= 0.3 is 5.97 Å². The second-order valence-corrected chi connectivity index (χ2v) is 5.05. The summed E-state index contributed by atoms with van der Waals surface area (Å²) >= 11 is 0. The monoisotopic (exact) mass is 362 g/mol. The van der Waals surface area contributed by atoms with E-state index in [0.717, 1.165) is 0 Å². The number of amides is 1. The van der Waals surface area contributed by atoms with E-state index in [0.29, 0.717) is 36.6 Å². The summed E-state index contributed by atoms with van der Waals surface area (Å²) in [4.78, 5) is 23.2. The first-order valence-electron chi connectivity index (χ1n) is 7.82. The zero-order valence-electron chi connectivity index (χ0n) is 15.0. The Labute approximate surface area is 152 Å². The van der Waals surface area contributed by atoms with Crippen LogP contribution >= 0.6 is 0 Å². The van der Waals surface area contributed by atoms with Crippen molar-refractivity contribution in [1.29, 1.82) is 5.26 Å². The van der Waals surface area contributed by atoms with Crippen LogP contribution in [0.1, 0.15) is 12.0 Å². The highest BCUT2D eigenvalue weighted by molar-refractivity contribution is 6.01. The number of esters is 1. The van der Waals surface area contributed by atoms with Gasteiger partial charge in [0.2, 0.25) is 0 Å². The molecule has 0 aliphatic heterocycles. The lowest BCUT2D eigenvalue weighted by Gasteiger charge is -2.10. The molecule has 0 radical (unpaired) electrons. The predicted octanol–water partition coefficient (Wildman–Crippen LogP) is 1.31. The summed E-state index contributed by atoms with van der Waals surface area (Å²) < 4.78 is 19.9. The van der Waals surface area contributed by atoms with Gasteiger partial charge in [-0.25, -0.2) is 4.79 Å². The molecule has 0 aliphatic rings. The molecule has 26 heavy (non-hydrogen) atoms. The van der Waals surface area contributed by atoms with Crippen LogP contribution in [0, 0.1) is 11.3 Å². The fraction of sp³-hybridized carbons (Fsp3) is 0.389. The smallest absolute Gasteiger partial charge is 0.343 e. The molecule has 0 bridgehead atoms. The summed E-state index contributed by atoms with van der Waals surface area (Å²) in [6.45, 7) is 0.681. The third-order valence-electron chi connectivity index (χ3n) is 3.25. The largest absolute Gasteiger partial charge is 0.493 e. The van der Waals surface area contributed by atoms with Crippen LogP contribution < -0.4 is 14.8 Å². The third kappa shape index (κ3) is 6.83. The average Bonchev–Trinajstić information content (AvgIpc) is 2.67. The van der Waals surface area contributed by atoms with Crippen molar-refractivity contribution in [1.82, 2.24) is 5.32 Å². The van der Waals surface area contributed by atoms with E-state index in [9.17, 15) is 14.9 Å². The number of nitriles is 1. The molecule has 0 aliphatic carbocycles. The number of nitrogens with one attached hydrogen (secondary N) is 1. The molecular formula is C18H22N2O6. The second kappa shape index (κ2) is 11.5. The van der Waals surface area contributed by atoms with E-state index in [1.165, 1.54) is 20.3 Å². The lowest BCUT2D eigenvalue weighted by molar-refractivity contribution is -0.142. The van der Waals surface area contributed by atoms with Gasteiger partial charge in [0.05, 0.1) is 14.2 Å². The number of rotatable bonds is 10. The van der Waals surface area contributed by atoms with Crippen molar-refractivity contribution in [3.05, 3.63) is 29.3 Å². The molecule has 8 nitrogen and oxygen atoms in total. The van der Waals surface area contributed by atoms with Gasteiger partial charge in [0, 0.05) is 20.3 Å². The molecular weight excluding hydrogens is 340 g/mol. The molecule has 140 valence electrons. The number of carbonyl (C=O) groups excluding carboxylic acids is 2. The Morgan fingerprint density at radius 2 is 2.00 bits per heavy atom. The lowest BCUT2D eigenvalue weighted by Crippen LogP contribution is -2.26. The molecule has 0 saturated carbocycles. The van der Waals surface area contributed by atoms with Crippen molar-refractivity contribution in [3.63, 3.8) is 0 Å². The van der Waals surface area contributed by atoms with E-state index >= 15 is 0 Å². The number of carbonyl (C=O) groups is 2. The topological polar surface area (TPSA) is 107 Å². The molecule has 0 saturated heterocycles. The Morgan fingerprint density at radius 1 is 1.23 bits per heavy atom. The number of hydrogen-bond donors (Lipinski definition) is 1. The van der Waals surface area contributed by atoms with Crippen molar-refractivity contribution >= 4 is 18.0 Å². The van der Waals surface area contributed by atoms with Crippen LogP contribution in [0.15, 0.2) is 23.8 Å². The van der Waals surface area contributed by atoms with E-state index in [2.05, 4.69) is 10.1 Å². The van der Waals surface area contributed by atoms with E-state index in [1.54, 1.807) is 25.3 Å². The fourth-order valence-corrected chi connectivity index (χ4v) is 1.92. The first kappa shape index (κ1) is 21.0. The SMILES string of the molecule is COCCCNC(=O)/C(C#N)=C\c1ccc(OCC(=O)OC)c(OC)c1. The first-order valence-corrected chi connectivity index (χ1v) is 7.82. The van der Waals surface area contributed by atoms with Crippen molar-refractivity contribution in [2.75, 3.05) is 41.1 Å². The van der Waals surface area contributed by atoms with Gasteiger partial charge in [-0.3, -0.25) is 4.79 Å². The van der Waals surface area contributed by atoms with E-state index < -0.39 is 11.9 Å². The standard InChI is InChI=1S/C18H22N2O6/c1-23-8-4-7-20-18(22)14(11-19)9-13-5-6-15(16(10-13)24-2)26-12-17(21)25-3/h5-6,9-10H,4,7-8,12H2,1-3H3,(H,20,22)/b14-9-. The van der Waals surface area contributed by atoms with Crippen molar-refractivity contribution in [2.24, 2.45) is 0 Å². The van der Waals surface area contributed by atoms with Crippen molar-refractivity contribution in [3.8, 4) is 17.6 Å². The molecule has 1 N–H and O–H groups in total. The highest BCUT2D eigenvalue weighted by atomic mass is 16.6. The van der Waals surface area contributed by atoms with Gasteiger partial charge in [-0.1, -0.05) is 6.07 Å². The van der Waals surface area contributed by atoms with E-state index in [-0.39, 0.29) is 12.2 Å². The van der Waals surface area contributed by atoms with Crippen LogP contribution in [0.2, 0.25) is 0 Å². The molecule has 0 unspecified atom stereocenters. The summed E-state index contributed by atoms with van der Waals surface area (Å²) in [6.07, 6.45) is 2.10. The minimum Gasteiger partial charge on any atom is -0.493 e. The van der Waals surface area contributed by atoms with Gasteiger partial charge in [-0.05, 0) is 30.2 Å². The molecule has 0 aromatic heterocycles. The Kier molecular flexibility index (Phi) is 9.28. The number of hydrogen-bond acceptors (Lipinski definition) is 7. The molecule has 0 spiro atoms. The van der Waals surface area contributed by atoms with E-state index in [4.69, 9.17) is 14.2 Å². The van der Waals surface area contributed by atoms with Crippen LogP contribution in [0.3, 0.4) is 0 Å². The zero-order chi connectivity index (χ0) is 19.4. The quantitative estimate of drug-likeness (QED) is 0.289. The maximum Gasteiger partial charge on any atom is 0.343 e. The maximum atomic E-state index is 12.0. The summed E-state index contributed by atoms with van der Waals surface area (Å²) in [6, 6.07) is 6.70. The molecule has 0 atom stereocenters. The number of methoxy groups -OCH3 is 3. The van der Waals surface area contributed by atoms with E-state index in [1.807, 2.05) is 6.07 Å².